The molecule has 0 fully saturated rings. The van der Waals surface area contributed by atoms with Gasteiger partial charge in [0.05, 0.1) is 30.4 Å². The summed E-state index contributed by atoms with van der Waals surface area (Å²) in [6, 6.07) is 8.52. The molecule has 0 radical (unpaired) electrons. The first-order chi connectivity index (χ1) is 11.5. The van der Waals surface area contributed by atoms with Gasteiger partial charge in [-0.25, -0.2) is 17.5 Å². The van der Waals surface area contributed by atoms with Crippen LogP contribution in [0.15, 0.2) is 62.7 Å². The fraction of sp³-hybridized carbons (Fsp3) is 0.125. The maximum atomic E-state index is 13.7. The molecule has 1 aromatic carbocycles. The van der Waals surface area contributed by atoms with E-state index in [1.165, 1.54) is 31.8 Å². The van der Waals surface area contributed by atoms with Crippen molar-refractivity contribution in [1.82, 2.24) is 4.72 Å². The van der Waals surface area contributed by atoms with E-state index < -0.39 is 15.8 Å². The lowest BCUT2D eigenvalue weighted by atomic mass is 10.3. The van der Waals surface area contributed by atoms with Gasteiger partial charge in [0.2, 0.25) is 10.0 Å². The van der Waals surface area contributed by atoms with Crippen LogP contribution in [0.4, 0.5) is 4.39 Å². The number of nitrogens with one attached hydrogen (secondary N) is 1. The highest BCUT2D eigenvalue weighted by Gasteiger charge is 2.17. The fourth-order valence-electron chi connectivity index (χ4n) is 2.10. The van der Waals surface area contributed by atoms with Crippen molar-refractivity contribution in [2.75, 3.05) is 7.11 Å². The highest BCUT2D eigenvalue weighted by atomic mass is 32.2. The first kappa shape index (κ1) is 16.3. The summed E-state index contributed by atoms with van der Waals surface area (Å²) in [6.45, 7) is -0.0617. The summed E-state index contributed by atoms with van der Waals surface area (Å²) in [5.74, 6) is 0.211. The van der Waals surface area contributed by atoms with Gasteiger partial charge in [-0.05, 0) is 36.4 Å². The number of rotatable bonds is 6. The molecule has 24 heavy (non-hydrogen) atoms. The average molecular weight is 351 g/mol. The molecule has 126 valence electrons. The van der Waals surface area contributed by atoms with E-state index in [2.05, 4.69) is 4.72 Å². The molecule has 0 aliphatic carbocycles. The van der Waals surface area contributed by atoms with Crippen LogP contribution < -0.4 is 9.46 Å². The molecule has 0 atom stereocenters. The second kappa shape index (κ2) is 6.50. The highest BCUT2D eigenvalue weighted by molar-refractivity contribution is 7.89. The smallest absolute Gasteiger partial charge is 0.241 e. The number of furan rings is 2. The Kier molecular flexibility index (Phi) is 4.41. The van der Waals surface area contributed by atoms with Crippen LogP contribution in [0.5, 0.6) is 5.75 Å². The van der Waals surface area contributed by atoms with Crippen LogP contribution in [0.3, 0.4) is 0 Å². The summed E-state index contributed by atoms with van der Waals surface area (Å²) < 4.78 is 55.7. The summed E-state index contributed by atoms with van der Waals surface area (Å²) in [5.41, 5.74) is 0.751. The molecule has 0 saturated carbocycles. The van der Waals surface area contributed by atoms with Crippen LogP contribution in [-0.4, -0.2) is 15.5 Å². The lowest BCUT2D eigenvalue weighted by Gasteiger charge is -2.07. The number of methoxy groups -OCH3 is 1. The molecule has 3 aromatic rings. The third kappa shape index (κ3) is 3.34. The SMILES string of the molecule is COc1ccc(S(=O)(=O)NCc2ccc(-c3ccoc3)o2)cc1F. The average Bonchev–Trinajstić information content (AvgIpc) is 3.24. The topological polar surface area (TPSA) is 81.7 Å². The van der Waals surface area contributed by atoms with Crippen molar-refractivity contribution >= 4 is 10.0 Å². The molecule has 0 saturated heterocycles. The van der Waals surface area contributed by atoms with Crippen molar-refractivity contribution in [3.05, 3.63) is 60.5 Å². The number of sulfonamides is 1. The van der Waals surface area contributed by atoms with Crippen LogP contribution in [0.25, 0.3) is 11.3 Å². The van der Waals surface area contributed by atoms with Gasteiger partial charge < -0.3 is 13.6 Å². The van der Waals surface area contributed by atoms with Gasteiger partial charge in [0, 0.05) is 0 Å². The number of hydrogen-bond acceptors (Lipinski definition) is 5. The maximum Gasteiger partial charge on any atom is 0.241 e. The van der Waals surface area contributed by atoms with Gasteiger partial charge in [-0.15, -0.1) is 0 Å². The molecule has 6 nitrogen and oxygen atoms in total. The Labute approximate surface area is 137 Å². The number of benzene rings is 1. The van der Waals surface area contributed by atoms with E-state index in [4.69, 9.17) is 13.6 Å². The summed E-state index contributed by atoms with van der Waals surface area (Å²) in [6.07, 6.45) is 3.03. The molecule has 1 N–H and O–H groups in total. The second-order valence-electron chi connectivity index (χ2n) is 4.90. The van der Waals surface area contributed by atoms with Gasteiger partial charge in [0.15, 0.2) is 11.6 Å². The van der Waals surface area contributed by atoms with Crippen LogP contribution in [0.1, 0.15) is 5.76 Å². The lowest BCUT2D eigenvalue weighted by Crippen LogP contribution is -2.23. The van der Waals surface area contributed by atoms with Crippen molar-refractivity contribution in [3.63, 3.8) is 0 Å². The molecule has 0 bridgehead atoms. The molecule has 0 amide bonds. The monoisotopic (exact) mass is 351 g/mol. The van der Waals surface area contributed by atoms with Crippen LogP contribution in [0, 0.1) is 5.82 Å². The fourth-order valence-corrected chi connectivity index (χ4v) is 3.10. The standard InChI is InChI=1S/C16H14FNO5S/c1-21-16-5-3-13(8-14(16)17)24(19,20)18-9-12-2-4-15(23-12)11-6-7-22-10-11/h2-8,10,18H,9H2,1H3. The van der Waals surface area contributed by atoms with Crippen LogP contribution >= 0.6 is 0 Å². The zero-order valence-electron chi connectivity index (χ0n) is 12.7. The molecule has 2 heterocycles. The lowest BCUT2D eigenvalue weighted by molar-refractivity contribution is 0.385. The normalized spacial score (nSPS) is 11.6. The molecule has 0 spiro atoms. The van der Waals surface area contributed by atoms with E-state index in [1.54, 1.807) is 18.2 Å². The molecular formula is C16H14FNO5S. The Balaban J connectivity index is 1.72. The van der Waals surface area contributed by atoms with E-state index in [0.717, 1.165) is 11.6 Å². The van der Waals surface area contributed by atoms with Gasteiger partial charge in [-0.3, -0.25) is 0 Å². The molecule has 0 aliphatic heterocycles. The Morgan fingerprint density at radius 2 is 2.04 bits per heavy atom. The molecular weight excluding hydrogens is 337 g/mol. The minimum atomic E-state index is -3.87. The summed E-state index contributed by atoms with van der Waals surface area (Å²) in [4.78, 5) is -0.192. The Hall–Kier alpha value is -2.58. The predicted molar refractivity (Wildman–Crippen MR) is 83.4 cm³/mol. The first-order valence-electron chi connectivity index (χ1n) is 6.94. The molecule has 8 heteroatoms. The maximum absolute atomic E-state index is 13.7. The van der Waals surface area contributed by atoms with Crippen molar-refractivity contribution < 1.29 is 26.4 Å². The van der Waals surface area contributed by atoms with Gasteiger partial charge in [0.1, 0.15) is 17.8 Å². The number of halogens is 1. The zero-order valence-corrected chi connectivity index (χ0v) is 13.5. The third-order valence-corrected chi connectivity index (χ3v) is 4.74. The third-order valence-electron chi connectivity index (χ3n) is 3.34. The van der Waals surface area contributed by atoms with E-state index in [1.807, 2.05) is 0 Å². The van der Waals surface area contributed by atoms with Gasteiger partial charge in [-0.1, -0.05) is 0 Å². The Morgan fingerprint density at radius 1 is 1.21 bits per heavy atom. The summed E-state index contributed by atoms with van der Waals surface area (Å²) in [5, 5.41) is 0. The predicted octanol–water partition coefficient (Wildman–Crippen LogP) is 3.17. The van der Waals surface area contributed by atoms with Crippen molar-refractivity contribution in [3.8, 4) is 17.1 Å². The number of hydrogen-bond donors (Lipinski definition) is 1. The van der Waals surface area contributed by atoms with E-state index in [-0.39, 0.29) is 17.2 Å². The van der Waals surface area contributed by atoms with E-state index in [0.29, 0.717) is 11.5 Å². The highest BCUT2D eigenvalue weighted by Crippen LogP contribution is 2.23. The molecule has 0 aliphatic rings. The Bertz CT molecular complexity index is 931. The quantitative estimate of drug-likeness (QED) is 0.738. The largest absolute Gasteiger partial charge is 0.494 e. The van der Waals surface area contributed by atoms with Crippen molar-refractivity contribution in [1.29, 1.82) is 0 Å². The van der Waals surface area contributed by atoms with E-state index in [9.17, 15) is 12.8 Å². The van der Waals surface area contributed by atoms with E-state index >= 15 is 0 Å². The zero-order chi connectivity index (χ0) is 17.2. The summed E-state index contributed by atoms with van der Waals surface area (Å²) >= 11 is 0. The first-order valence-corrected chi connectivity index (χ1v) is 8.42. The van der Waals surface area contributed by atoms with Gasteiger partial charge >= 0.3 is 0 Å². The molecule has 2 aromatic heterocycles. The summed E-state index contributed by atoms with van der Waals surface area (Å²) in [7, 11) is -2.57. The Morgan fingerprint density at radius 3 is 2.71 bits per heavy atom. The number of ether oxygens (including phenoxy) is 1. The van der Waals surface area contributed by atoms with Gasteiger partial charge in [-0.2, -0.15) is 0 Å². The van der Waals surface area contributed by atoms with Gasteiger partial charge in [0.25, 0.3) is 0 Å². The molecule has 3 rings (SSSR count). The second-order valence-corrected chi connectivity index (χ2v) is 6.67. The minimum absolute atomic E-state index is 0.0234. The van der Waals surface area contributed by atoms with Crippen LogP contribution in [-0.2, 0) is 16.6 Å². The van der Waals surface area contributed by atoms with Crippen molar-refractivity contribution in [2.45, 2.75) is 11.4 Å². The minimum Gasteiger partial charge on any atom is -0.494 e. The van der Waals surface area contributed by atoms with Crippen LogP contribution in [0.2, 0.25) is 0 Å². The van der Waals surface area contributed by atoms with Crippen molar-refractivity contribution in [2.24, 2.45) is 0 Å². The molecule has 0 unspecified atom stereocenters.